The Morgan fingerprint density at radius 1 is 1.43 bits per heavy atom. The molecule has 0 aromatic rings. The molecule has 1 aliphatic rings. The number of rotatable bonds is 3. The summed E-state index contributed by atoms with van der Waals surface area (Å²) < 4.78 is 5.37. The molecule has 0 radical (unpaired) electrons. The molecule has 0 amide bonds. The monoisotopic (exact) mass is 201 g/mol. The van der Waals surface area contributed by atoms with Crippen molar-refractivity contribution in [3.63, 3.8) is 0 Å². The third-order valence-electron chi connectivity index (χ3n) is 3.26. The minimum Gasteiger partial charge on any atom is -0.381 e. The number of nitrogens with zero attached hydrogens (tertiary/aromatic N) is 1. The first-order chi connectivity index (χ1) is 6.56. The second kappa shape index (κ2) is 4.73. The normalized spacial score (nSPS) is 33.3. The number of hydrogen-bond acceptors (Lipinski definition) is 3. The molecule has 0 aromatic carbocycles. The molecule has 0 aromatic heterocycles. The van der Waals surface area contributed by atoms with E-state index in [0.29, 0.717) is 24.7 Å². The van der Waals surface area contributed by atoms with E-state index >= 15 is 0 Å². The Morgan fingerprint density at radius 2 is 2.07 bits per heavy atom. The van der Waals surface area contributed by atoms with E-state index in [1.165, 1.54) is 0 Å². The van der Waals surface area contributed by atoms with Gasteiger partial charge in [-0.25, -0.2) is 0 Å². The van der Waals surface area contributed by atoms with Gasteiger partial charge in [-0.05, 0) is 18.3 Å². The van der Waals surface area contributed by atoms with Gasteiger partial charge in [0, 0.05) is 24.9 Å². The molecular weight excluding hydrogens is 182 g/mol. The Hall–Kier alpha value is -0.640. The van der Waals surface area contributed by atoms with Gasteiger partial charge >= 0.3 is 0 Å². The highest BCUT2D eigenvalue weighted by atomic mass is 16.6. The first-order valence-corrected chi connectivity index (χ1v) is 5.22. The molecule has 82 valence electrons. The van der Waals surface area contributed by atoms with E-state index in [-0.39, 0.29) is 17.1 Å². The summed E-state index contributed by atoms with van der Waals surface area (Å²) in [6.07, 6.45) is 2.37. The smallest absolute Gasteiger partial charge is 0.213 e. The molecule has 4 nitrogen and oxygen atoms in total. The molecule has 4 heteroatoms. The fourth-order valence-electron chi connectivity index (χ4n) is 2.34. The summed E-state index contributed by atoms with van der Waals surface area (Å²) in [4.78, 5) is 10.5. The second-order valence-electron chi connectivity index (χ2n) is 4.43. The van der Waals surface area contributed by atoms with Crippen LogP contribution in [-0.4, -0.2) is 24.2 Å². The van der Waals surface area contributed by atoms with E-state index in [0.717, 1.165) is 6.42 Å². The first kappa shape index (κ1) is 11.4. The lowest BCUT2D eigenvalue weighted by atomic mass is 9.77. The maximum absolute atomic E-state index is 10.7. The average molecular weight is 201 g/mol. The minimum absolute atomic E-state index is 0.138. The summed E-state index contributed by atoms with van der Waals surface area (Å²) in [7, 11) is 1.70. The van der Waals surface area contributed by atoms with Crippen LogP contribution in [0.3, 0.4) is 0 Å². The molecule has 1 aliphatic carbocycles. The third-order valence-corrected chi connectivity index (χ3v) is 3.26. The molecule has 3 atom stereocenters. The van der Waals surface area contributed by atoms with Crippen molar-refractivity contribution in [3.05, 3.63) is 10.1 Å². The lowest BCUT2D eigenvalue weighted by Crippen LogP contribution is -2.39. The van der Waals surface area contributed by atoms with E-state index in [2.05, 4.69) is 13.8 Å². The molecule has 0 bridgehead atoms. The van der Waals surface area contributed by atoms with Gasteiger partial charge in [-0.2, -0.15) is 0 Å². The summed E-state index contributed by atoms with van der Waals surface area (Å²) in [5, 5.41) is 10.7. The highest BCUT2D eigenvalue weighted by Gasteiger charge is 2.37. The zero-order chi connectivity index (χ0) is 10.7. The van der Waals surface area contributed by atoms with Gasteiger partial charge in [0.1, 0.15) is 0 Å². The van der Waals surface area contributed by atoms with Crippen LogP contribution in [0.4, 0.5) is 0 Å². The van der Waals surface area contributed by atoms with Gasteiger partial charge in [0.2, 0.25) is 6.04 Å². The highest BCUT2D eigenvalue weighted by molar-refractivity contribution is 4.82. The zero-order valence-corrected chi connectivity index (χ0v) is 9.10. The van der Waals surface area contributed by atoms with Crippen LogP contribution >= 0.6 is 0 Å². The Morgan fingerprint density at radius 3 is 2.50 bits per heavy atom. The molecule has 14 heavy (non-hydrogen) atoms. The Kier molecular flexibility index (Phi) is 3.86. The zero-order valence-electron chi connectivity index (χ0n) is 9.10. The van der Waals surface area contributed by atoms with Gasteiger partial charge < -0.3 is 4.74 Å². The summed E-state index contributed by atoms with van der Waals surface area (Å²) in [5.41, 5.74) is 0. The lowest BCUT2D eigenvalue weighted by molar-refractivity contribution is -0.529. The summed E-state index contributed by atoms with van der Waals surface area (Å²) in [5.74, 6) is 0.798. The summed E-state index contributed by atoms with van der Waals surface area (Å²) in [6, 6.07) is -0.353. The fourth-order valence-corrected chi connectivity index (χ4v) is 2.34. The largest absolute Gasteiger partial charge is 0.381 e. The molecule has 1 saturated carbocycles. The summed E-state index contributed by atoms with van der Waals surface area (Å²) in [6.45, 7) is 4.22. The van der Waals surface area contributed by atoms with Crippen LogP contribution in [-0.2, 0) is 4.74 Å². The van der Waals surface area contributed by atoms with Crippen molar-refractivity contribution in [2.75, 3.05) is 7.11 Å². The van der Waals surface area contributed by atoms with Crippen LogP contribution in [0, 0.1) is 22.0 Å². The molecule has 0 aliphatic heterocycles. The fraction of sp³-hybridized carbons (Fsp3) is 1.00. The van der Waals surface area contributed by atoms with Crippen molar-refractivity contribution in [1.29, 1.82) is 0 Å². The maximum atomic E-state index is 10.7. The van der Waals surface area contributed by atoms with Crippen molar-refractivity contribution >= 4 is 0 Å². The topological polar surface area (TPSA) is 52.4 Å². The molecule has 0 spiro atoms. The van der Waals surface area contributed by atoms with Crippen LogP contribution in [0.2, 0.25) is 0 Å². The Bertz CT molecular complexity index is 206. The predicted octanol–water partition coefficient (Wildman–Crippen LogP) is 2.10. The van der Waals surface area contributed by atoms with Crippen molar-refractivity contribution < 1.29 is 9.66 Å². The molecular formula is C10H19NO3. The second-order valence-corrected chi connectivity index (χ2v) is 4.43. The SMILES string of the molecule is COC1CCC([N+](=O)[O-])CC1C(C)C. The van der Waals surface area contributed by atoms with E-state index in [9.17, 15) is 10.1 Å². The average Bonchev–Trinajstić information content (AvgIpc) is 2.16. The Labute approximate surface area is 84.8 Å². The molecule has 0 saturated heterocycles. The number of hydrogen-bond donors (Lipinski definition) is 0. The van der Waals surface area contributed by atoms with Gasteiger partial charge in [0.05, 0.1) is 6.10 Å². The molecule has 1 rings (SSSR count). The van der Waals surface area contributed by atoms with Crippen LogP contribution in [0.25, 0.3) is 0 Å². The van der Waals surface area contributed by atoms with Crippen molar-refractivity contribution in [1.82, 2.24) is 0 Å². The molecule has 1 fully saturated rings. The summed E-state index contributed by atoms with van der Waals surface area (Å²) >= 11 is 0. The van der Waals surface area contributed by atoms with E-state index in [1.54, 1.807) is 7.11 Å². The number of methoxy groups -OCH3 is 1. The molecule has 0 heterocycles. The van der Waals surface area contributed by atoms with Crippen LogP contribution < -0.4 is 0 Å². The lowest BCUT2D eigenvalue weighted by Gasteiger charge is -2.34. The third kappa shape index (κ3) is 2.44. The van der Waals surface area contributed by atoms with E-state index < -0.39 is 0 Å². The quantitative estimate of drug-likeness (QED) is 0.519. The van der Waals surface area contributed by atoms with Gasteiger partial charge in [-0.1, -0.05) is 13.8 Å². The predicted molar refractivity (Wildman–Crippen MR) is 53.8 cm³/mol. The van der Waals surface area contributed by atoms with Gasteiger partial charge in [0.15, 0.2) is 0 Å². The van der Waals surface area contributed by atoms with Crippen molar-refractivity contribution in [2.45, 2.75) is 45.3 Å². The van der Waals surface area contributed by atoms with Gasteiger partial charge in [-0.15, -0.1) is 0 Å². The highest BCUT2D eigenvalue weighted by Crippen LogP contribution is 2.33. The standard InChI is InChI=1S/C10H19NO3/c1-7(2)9-6-8(11(12)13)4-5-10(9)14-3/h7-10H,4-6H2,1-3H3. The minimum atomic E-state index is -0.353. The van der Waals surface area contributed by atoms with Crippen LogP contribution in [0.1, 0.15) is 33.1 Å². The number of ether oxygens (including phenoxy) is 1. The molecule has 3 unspecified atom stereocenters. The van der Waals surface area contributed by atoms with Crippen LogP contribution in [0.5, 0.6) is 0 Å². The van der Waals surface area contributed by atoms with E-state index in [1.807, 2.05) is 0 Å². The van der Waals surface area contributed by atoms with E-state index in [4.69, 9.17) is 4.74 Å². The van der Waals surface area contributed by atoms with Crippen molar-refractivity contribution in [3.8, 4) is 0 Å². The maximum Gasteiger partial charge on any atom is 0.213 e. The number of nitro groups is 1. The van der Waals surface area contributed by atoms with Crippen LogP contribution in [0.15, 0.2) is 0 Å². The van der Waals surface area contributed by atoms with Gasteiger partial charge in [-0.3, -0.25) is 10.1 Å². The first-order valence-electron chi connectivity index (χ1n) is 5.22. The molecule has 0 N–H and O–H groups in total. The Balaban J connectivity index is 2.62. The van der Waals surface area contributed by atoms with Crippen molar-refractivity contribution in [2.24, 2.45) is 11.8 Å². The van der Waals surface area contributed by atoms with Gasteiger partial charge in [0.25, 0.3) is 0 Å².